The molecular weight excluding hydrogens is 170 g/mol. The molecule has 1 aromatic heterocycles. The van der Waals surface area contributed by atoms with Crippen molar-refractivity contribution >= 4 is 12.6 Å². The molecule has 0 atom stereocenters. The molecule has 1 rings (SSSR count). The van der Waals surface area contributed by atoms with Crippen LogP contribution in [0.5, 0.6) is 0 Å². The standard InChI is InChI=1S/C8H15N3S/c9-7-11-5-4-10(8-11)3-1-2-6-12/h4-5,8H,1-3,6-7,9H2/p+1. The van der Waals surface area contributed by atoms with Crippen molar-refractivity contribution in [1.29, 1.82) is 0 Å². The van der Waals surface area contributed by atoms with Gasteiger partial charge in [-0.2, -0.15) is 12.6 Å². The fourth-order valence-corrected chi connectivity index (χ4v) is 1.31. The van der Waals surface area contributed by atoms with E-state index in [-0.39, 0.29) is 0 Å². The number of hydrogen-bond acceptors (Lipinski definition) is 2. The zero-order valence-corrected chi connectivity index (χ0v) is 8.08. The van der Waals surface area contributed by atoms with E-state index in [9.17, 15) is 0 Å². The molecule has 0 radical (unpaired) electrons. The van der Waals surface area contributed by atoms with E-state index in [0.29, 0.717) is 6.67 Å². The minimum atomic E-state index is 0.555. The third kappa shape index (κ3) is 2.87. The second kappa shape index (κ2) is 5.22. The number of rotatable bonds is 5. The highest BCUT2D eigenvalue weighted by atomic mass is 32.1. The fraction of sp³-hybridized carbons (Fsp3) is 0.625. The van der Waals surface area contributed by atoms with Gasteiger partial charge >= 0.3 is 0 Å². The molecule has 0 saturated carbocycles. The second-order valence-corrected chi connectivity index (χ2v) is 3.23. The molecule has 0 aliphatic heterocycles. The SMILES string of the molecule is NC[n+]1ccn(CCCCS)c1. The number of thiol groups is 1. The highest BCUT2D eigenvalue weighted by Crippen LogP contribution is 1.95. The van der Waals surface area contributed by atoms with Gasteiger partial charge in [0.15, 0.2) is 0 Å². The maximum atomic E-state index is 5.46. The van der Waals surface area contributed by atoms with Crippen molar-refractivity contribution in [2.75, 3.05) is 5.75 Å². The summed E-state index contributed by atoms with van der Waals surface area (Å²) in [5.41, 5.74) is 5.46. The van der Waals surface area contributed by atoms with Crippen molar-refractivity contribution in [3.8, 4) is 0 Å². The molecule has 1 aromatic rings. The molecule has 0 bridgehead atoms. The Kier molecular flexibility index (Phi) is 4.18. The van der Waals surface area contributed by atoms with E-state index in [1.165, 1.54) is 12.8 Å². The van der Waals surface area contributed by atoms with Gasteiger partial charge < -0.3 is 0 Å². The lowest BCUT2D eigenvalue weighted by Crippen LogP contribution is -2.35. The summed E-state index contributed by atoms with van der Waals surface area (Å²) in [7, 11) is 0. The Morgan fingerprint density at radius 1 is 1.42 bits per heavy atom. The summed E-state index contributed by atoms with van der Waals surface area (Å²) in [6, 6.07) is 0. The lowest BCUT2D eigenvalue weighted by Gasteiger charge is -1.93. The molecule has 0 aromatic carbocycles. The molecule has 0 aliphatic carbocycles. The molecule has 68 valence electrons. The van der Waals surface area contributed by atoms with E-state index in [1.807, 2.05) is 23.3 Å². The first kappa shape index (κ1) is 9.61. The summed E-state index contributed by atoms with van der Waals surface area (Å²) in [6.07, 6.45) is 8.41. The maximum Gasteiger partial charge on any atom is 0.244 e. The number of unbranched alkanes of at least 4 members (excludes halogenated alkanes) is 1. The normalized spacial score (nSPS) is 10.5. The van der Waals surface area contributed by atoms with Crippen LogP contribution in [-0.4, -0.2) is 10.3 Å². The van der Waals surface area contributed by atoms with Gasteiger partial charge in [-0.3, -0.25) is 5.73 Å². The zero-order valence-electron chi connectivity index (χ0n) is 7.19. The Balaban J connectivity index is 2.31. The summed E-state index contributed by atoms with van der Waals surface area (Å²) in [5, 5.41) is 0. The van der Waals surface area contributed by atoms with Crippen LogP contribution < -0.4 is 10.3 Å². The molecular formula is C8H16N3S+. The van der Waals surface area contributed by atoms with Crippen LogP contribution in [0.3, 0.4) is 0 Å². The maximum absolute atomic E-state index is 5.46. The number of aromatic nitrogens is 2. The lowest BCUT2D eigenvalue weighted by atomic mass is 10.3. The van der Waals surface area contributed by atoms with Crippen LogP contribution in [0.15, 0.2) is 18.7 Å². The van der Waals surface area contributed by atoms with Crippen molar-refractivity contribution in [2.24, 2.45) is 5.73 Å². The van der Waals surface area contributed by atoms with Gasteiger partial charge in [0.25, 0.3) is 0 Å². The van der Waals surface area contributed by atoms with Crippen LogP contribution in [0.2, 0.25) is 0 Å². The summed E-state index contributed by atoms with van der Waals surface area (Å²) in [6.45, 7) is 1.62. The summed E-state index contributed by atoms with van der Waals surface area (Å²) in [5.74, 6) is 0.970. The van der Waals surface area contributed by atoms with Crippen LogP contribution in [0, 0.1) is 0 Å². The largest absolute Gasteiger partial charge is 0.295 e. The molecule has 0 saturated heterocycles. The van der Waals surface area contributed by atoms with Gasteiger partial charge in [0.2, 0.25) is 6.33 Å². The number of nitrogens with zero attached hydrogens (tertiary/aromatic N) is 2. The Morgan fingerprint density at radius 3 is 2.83 bits per heavy atom. The number of aryl methyl sites for hydroxylation is 1. The van der Waals surface area contributed by atoms with E-state index in [1.54, 1.807) is 0 Å². The minimum absolute atomic E-state index is 0.555. The van der Waals surface area contributed by atoms with Crippen LogP contribution in [0.1, 0.15) is 12.8 Å². The quantitative estimate of drug-likeness (QED) is 0.390. The van der Waals surface area contributed by atoms with Crippen molar-refractivity contribution in [2.45, 2.75) is 26.1 Å². The third-order valence-corrected chi connectivity index (χ3v) is 2.10. The Morgan fingerprint density at radius 2 is 2.25 bits per heavy atom. The first-order chi connectivity index (χ1) is 5.86. The van der Waals surface area contributed by atoms with Gasteiger partial charge in [-0.15, -0.1) is 0 Å². The molecule has 2 N–H and O–H groups in total. The van der Waals surface area contributed by atoms with E-state index >= 15 is 0 Å². The van der Waals surface area contributed by atoms with Gasteiger partial charge in [0, 0.05) is 0 Å². The van der Waals surface area contributed by atoms with Crippen LogP contribution in [-0.2, 0) is 13.2 Å². The number of imidazole rings is 1. The third-order valence-electron chi connectivity index (χ3n) is 1.78. The van der Waals surface area contributed by atoms with Crippen molar-refractivity contribution in [1.82, 2.24) is 4.57 Å². The molecule has 0 amide bonds. The molecule has 1 heterocycles. The average Bonchev–Trinajstić information content (AvgIpc) is 2.53. The molecule has 4 heteroatoms. The first-order valence-electron chi connectivity index (χ1n) is 4.22. The van der Waals surface area contributed by atoms with Gasteiger partial charge in [-0.05, 0) is 18.6 Å². The van der Waals surface area contributed by atoms with Gasteiger partial charge in [-0.1, -0.05) is 0 Å². The van der Waals surface area contributed by atoms with Gasteiger partial charge in [0.1, 0.15) is 19.1 Å². The highest BCUT2D eigenvalue weighted by Gasteiger charge is 1.99. The molecule has 0 aliphatic rings. The number of hydrogen-bond donors (Lipinski definition) is 2. The monoisotopic (exact) mass is 186 g/mol. The second-order valence-electron chi connectivity index (χ2n) is 2.78. The highest BCUT2D eigenvalue weighted by molar-refractivity contribution is 7.80. The summed E-state index contributed by atoms with van der Waals surface area (Å²) in [4.78, 5) is 0. The van der Waals surface area contributed by atoms with Crippen molar-refractivity contribution in [3.05, 3.63) is 18.7 Å². The Hall–Kier alpha value is -0.480. The van der Waals surface area contributed by atoms with Crippen molar-refractivity contribution < 1.29 is 4.57 Å². The topological polar surface area (TPSA) is 34.8 Å². The van der Waals surface area contributed by atoms with E-state index in [2.05, 4.69) is 17.2 Å². The predicted octanol–water partition coefficient (Wildman–Crippen LogP) is 0.402. The Labute approximate surface area is 78.6 Å². The lowest BCUT2D eigenvalue weighted by molar-refractivity contribution is -0.695. The molecule has 3 nitrogen and oxygen atoms in total. The van der Waals surface area contributed by atoms with Crippen LogP contribution in [0.25, 0.3) is 0 Å². The summed E-state index contributed by atoms with van der Waals surface area (Å²) >= 11 is 4.16. The first-order valence-corrected chi connectivity index (χ1v) is 4.86. The van der Waals surface area contributed by atoms with E-state index in [4.69, 9.17) is 5.73 Å². The molecule has 0 fully saturated rings. The van der Waals surface area contributed by atoms with Crippen LogP contribution in [0.4, 0.5) is 0 Å². The van der Waals surface area contributed by atoms with E-state index < -0.39 is 0 Å². The minimum Gasteiger partial charge on any atom is -0.295 e. The van der Waals surface area contributed by atoms with Crippen molar-refractivity contribution in [3.63, 3.8) is 0 Å². The van der Waals surface area contributed by atoms with Crippen LogP contribution >= 0.6 is 12.6 Å². The smallest absolute Gasteiger partial charge is 0.244 e. The average molecular weight is 186 g/mol. The van der Waals surface area contributed by atoms with E-state index in [0.717, 1.165) is 12.3 Å². The predicted molar refractivity (Wildman–Crippen MR) is 51.9 cm³/mol. The molecule has 0 unspecified atom stereocenters. The van der Waals surface area contributed by atoms with Gasteiger partial charge in [0.05, 0.1) is 6.54 Å². The molecule has 0 spiro atoms. The van der Waals surface area contributed by atoms with Gasteiger partial charge in [-0.25, -0.2) is 9.13 Å². The number of nitrogens with two attached hydrogens (primary N) is 1. The Bertz CT molecular complexity index is 222. The molecule has 12 heavy (non-hydrogen) atoms. The zero-order chi connectivity index (χ0) is 8.81. The fourth-order valence-electron chi connectivity index (χ4n) is 1.09. The summed E-state index contributed by atoms with van der Waals surface area (Å²) < 4.78 is 4.11.